The third-order valence-electron chi connectivity index (χ3n) is 7.41. The molecule has 0 aromatic heterocycles. The number of piperidine rings is 1. The van der Waals surface area contributed by atoms with Gasteiger partial charge in [-0.15, -0.1) is 0 Å². The lowest BCUT2D eigenvalue weighted by Gasteiger charge is -2.58. The number of likely N-dealkylation sites (tertiary alicyclic amines) is 2. The summed E-state index contributed by atoms with van der Waals surface area (Å²) in [5.74, 6) is 0.475. The van der Waals surface area contributed by atoms with Crippen LogP contribution < -0.4 is 0 Å². The van der Waals surface area contributed by atoms with Crippen LogP contribution in [0.3, 0.4) is 0 Å². The second kappa shape index (κ2) is 8.98. The number of rotatable bonds is 7. The summed E-state index contributed by atoms with van der Waals surface area (Å²) in [4.78, 5) is 16.8. The maximum Gasteiger partial charge on any atom is 0.407 e. The van der Waals surface area contributed by atoms with Gasteiger partial charge in [-0.3, -0.25) is 9.80 Å². The Labute approximate surface area is 171 Å². The highest BCUT2D eigenvalue weighted by molar-refractivity contribution is 5.65. The van der Waals surface area contributed by atoms with Crippen molar-refractivity contribution in [3.05, 3.63) is 0 Å². The van der Waals surface area contributed by atoms with Crippen LogP contribution in [0.1, 0.15) is 39.0 Å². The fourth-order valence-electron chi connectivity index (χ4n) is 5.99. The molecule has 9 heteroatoms. The van der Waals surface area contributed by atoms with E-state index in [0.717, 1.165) is 45.2 Å². The molecular formula is C20H34F3N3O3. The van der Waals surface area contributed by atoms with Gasteiger partial charge in [0.1, 0.15) is 0 Å². The zero-order valence-corrected chi connectivity index (χ0v) is 17.5. The highest BCUT2D eigenvalue weighted by atomic mass is 19.4. The average molecular weight is 422 g/mol. The summed E-state index contributed by atoms with van der Waals surface area (Å²) >= 11 is 0. The second-order valence-corrected chi connectivity index (χ2v) is 8.95. The van der Waals surface area contributed by atoms with Gasteiger partial charge in [0.2, 0.25) is 0 Å². The van der Waals surface area contributed by atoms with E-state index >= 15 is 0 Å². The summed E-state index contributed by atoms with van der Waals surface area (Å²) in [6, 6.07) is 0.371. The molecule has 1 N–H and O–H groups in total. The van der Waals surface area contributed by atoms with Crippen LogP contribution in [0.25, 0.3) is 0 Å². The SMILES string of the molecule is CCC1C(N2CCC(N(CCOC)CC(F)(F)F)CC2)CC12CCN(C(=O)O)C2. The van der Waals surface area contributed by atoms with Gasteiger partial charge < -0.3 is 14.7 Å². The molecule has 1 spiro atoms. The smallest absolute Gasteiger partial charge is 0.407 e. The Hall–Kier alpha value is -1.06. The lowest BCUT2D eigenvalue weighted by atomic mass is 9.54. The predicted molar refractivity (Wildman–Crippen MR) is 103 cm³/mol. The molecule has 3 fully saturated rings. The molecule has 0 aromatic rings. The first-order chi connectivity index (χ1) is 13.7. The van der Waals surface area contributed by atoms with Gasteiger partial charge in [0.15, 0.2) is 0 Å². The molecule has 2 heterocycles. The van der Waals surface area contributed by atoms with Gasteiger partial charge in [0.05, 0.1) is 13.2 Å². The Bertz CT molecular complexity index is 569. The molecule has 1 saturated carbocycles. The first-order valence-corrected chi connectivity index (χ1v) is 10.7. The number of carbonyl (C=O) groups is 1. The van der Waals surface area contributed by atoms with E-state index in [0.29, 0.717) is 38.2 Å². The van der Waals surface area contributed by atoms with E-state index in [9.17, 15) is 23.1 Å². The summed E-state index contributed by atoms with van der Waals surface area (Å²) in [5, 5.41) is 9.28. The van der Waals surface area contributed by atoms with Crippen LogP contribution in [-0.4, -0.2) is 97.1 Å². The van der Waals surface area contributed by atoms with E-state index in [-0.39, 0.29) is 11.5 Å². The molecule has 3 aliphatic rings. The molecular weight excluding hydrogens is 387 g/mol. The molecule has 29 heavy (non-hydrogen) atoms. The number of amides is 1. The number of alkyl halides is 3. The van der Waals surface area contributed by atoms with Gasteiger partial charge in [0, 0.05) is 38.8 Å². The Morgan fingerprint density at radius 2 is 1.97 bits per heavy atom. The van der Waals surface area contributed by atoms with Gasteiger partial charge in [0.25, 0.3) is 0 Å². The molecule has 1 amide bonds. The second-order valence-electron chi connectivity index (χ2n) is 8.95. The summed E-state index contributed by atoms with van der Waals surface area (Å²) < 4.78 is 43.9. The number of carboxylic acid groups (broad SMARTS) is 1. The molecule has 0 radical (unpaired) electrons. The van der Waals surface area contributed by atoms with Gasteiger partial charge in [-0.05, 0) is 50.1 Å². The van der Waals surface area contributed by atoms with Crippen LogP contribution in [0.5, 0.6) is 0 Å². The highest BCUT2D eigenvalue weighted by Crippen LogP contribution is 2.56. The third kappa shape index (κ3) is 4.99. The lowest BCUT2D eigenvalue weighted by Crippen LogP contribution is -2.62. The molecule has 1 aliphatic carbocycles. The number of hydrogen-bond donors (Lipinski definition) is 1. The zero-order chi connectivity index (χ0) is 21.2. The Morgan fingerprint density at radius 1 is 1.28 bits per heavy atom. The summed E-state index contributed by atoms with van der Waals surface area (Å²) in [5.41, 5.74) is 0.107. The first-order valence-electron chi connectivity index (χ1n) is 10.7. The maximum atomic E-state index is 13.0. The minimum Gasteiger partial charge on any atom is -0.465 e. The predicted octanol–water partition coefficient (Wildman–Crippen LogP) is 3.13. The third-order valence-corrected chi connectivity index (χ3v) is 7.41. The number of halogens is 3. The van der Waals surface area contributed by atoms with Gasteiger partial charge in [-0.2, -0.15) is 13.2 Å². The average Bonchev–Trinajstić information content (AvgIpc) is 3.11. The van der Waals surface area contributed by atoms with Crippen LogP contribution in [-0.2, 0) is 4.74 Å². The van der Waals surface area contributed by atoms with E-state index in [1.165, 1.54) is 16.9 Å². The standard InChI is InChI=1S/C20H34F3N3O3/c1-3-16-17(12-19(16)6-9-26(13-19)18(27)28)24-7-4-15(5-8-24)25(10-11-29-2)14-20(21,22)23/h15-17H,3-14H2,1-2H3,(H,27,28). The molecule has 2 aliphatic heterocycles. The van der Waals surface area contributed by atoms with Crippen molar-refractivity contribution in [1.29, 1.82) is 0 Å². The quantitative estimate of drug-likeness (QED) is 0.685. The minimum absolute atomic E-state index is 0.0638. The molecule has 2 saturated heterocycles. The fraction of sp³-hybridized carbons (Fsp3) is 0.950. The van der Waals surface area contributed by atoms with Crippen LogP contribution in [0, 0.1) is 11.3 Å². The minimum atomic E-state index is -4.20. The van der Waals surface area contributed by atoms with Crippen molar-refractivity contribution in [3.8, 4) is 0 Å². The molecule has 0 bridgehead atoms. The molecule has 6 nitrogen and oxygen atoms in total. The van der Waals surface area contributed by atoms with Crippen LogP contribution in [0.2, 0.25) is 0 Å². The highest BCUT2D eigenvalue weighted by Gasteiger charge is 2.58. The van der Waals surface area contributed by atoms with Crippen molar-refractivity contribution < 1.29 is 27.8 Å². The lowest BCUT2D eigenvalue weighted by molar-refractivity contribution is -0.156. The van der Waals surface area contributed by atoms with Crippen LogP contribution in [0.4, 0.5) is 18.0 Å². The molecule has 3 atom stereocenters. The van der Waals surface area contributed by atoms with Crippen molar-refractivity contribution in [2.45, 2.75) is 57.3 Å². The Balaban J connectivity index is 1.54. The van der Waals surface area contributed by atoms with E-state index in [4.69, 9.17) is 4.74 Å². The number of hydrogen-bond acceptors (Lipinski definition) is 4. The number of ether oxygens (including phenoxy) is 1. The molecule has 0 aromatic carbocycles. The summed E-state index contributed by atoms with van der Waals surface area (Å²) in [7, 11) is 1.51. The van der Waals surface area contributed by atoms with Gasteiger partial charge >= 0.3 is 12.3 Å². The van der Waals surface area contributed by atoms with Crippen molar-refractivity contribution >= 4 is 6.09 Å². The normalized spacial score (nSPS) is 31.6. The Kier molecular flexibility index (Phi) is 7.00. The number of nitrogens with zero attached hydrogens (tertiary/aromatic N) is 3. The zero-order valence-electron chi connectivity index (χ0n) is 17.5. The number of methoxy groups -OCH3 is 1. The topological polar surface area (TPSA) is 56.2 Å². The van der Waals surface area contributed by atoms with Gasteiger partial charge in [-0.1, -0.05) is 13.3 Å². The first kappa shape index (κ1) is 22.6. The van der Waals surface area contributed by atoms with Gasteiger partial charge in [-0.25, -0.2) is 4.79 Å². The van der Waals surface area contributed by atoms with Crippen LogP contribution in [0.15, 0.2) is 0 Å². The van der Waals surface area contributed by atoms with Crippen molar-refractivity contribution in [2.24, 2.45) is 11.3 Å². The van der Waals surface area contributed by atoms with E-state index < -0.39 is 18.8 Å². The van der Waals surface area contributed by atoms with E-state index in [1.807, 2.05) is 0 Å². The monoisotopic (exact) mass is 421 g/mol. The van der Waals surface area contributed by atoms with Crippen LogP contribution >= 0.6 is 0 Å². The van der Waals surface area contributed by atoms with Crippen molar-refractivity contribution in [1.82, 2.24) is 14.7 Å². The molecule has 168 valence electrons. The van der Waals surface area contributed by atoms with E-state index in [1.54, 1.807) is 0 Å². The summed E-state index contributed by atoms with van der Waals surface area (Å²) in [6.07, 6.45) is -0.593. The fourth-order valence-corrected chi connectivity index (χ4v) is 5.99. The molecule has 3 rings (SSSR count). The largest absolute Gasteiger partial charge is 0.465 e. The maximum absolute atomic E-state index is 13.0. The Morgan fingerprint density at radius 3 is 2.48 bits per heavy atom. The summed E-state index contributed by atoms with van der Waals surface area (Å²) in [6.45, 7) is 4.77. The van der Waals surface area contributed by atoms with Crippen molar-refractivity contribution in [3.63, 3.8) is 0 Å². The van der Waals surface area contributed by atoms with E-state index in [2.05, 4.69) is 11.8 Å². The van der Waals surface area contributed by atoms with Crippen molar-refractivity contribution in [2.75, 3.05) is 53.0 Å². The molecule has 3 unspecified atom stereocenters.